The molecular weight excluding hydrogens is 366 g/mol. The van der Waals surface area contributed by atoms with E-state index in [1.807, 2.05) is 0 Å². The van der Waals surface area contributed by atoms with Crippen LogP contribution in [0.3, 0.4) is 0 Å². The molecule has 0 aliphatic rings. The first-order valence-electron chi connectivity index (χ1n) is 7.23. The van der Waals surface area contributed by atoms with Gasteiger partial charge in [0.05, 0.1) is 6.21 Å². The summed E-state index contributed by atoms with van der Waals surface area (Å²) in [5, 5.41) is 30.1. The summed E-state index contributed by atoms with van der Waals surface area (Å²) in [6, 6.07) is 10.2. The second-order valence-corrected chi connectivity index (χ2v) is 5.41. The molecule has 0 saturated carbocycles. The van der Waals surface area contributed by atoms with Gasteiger partial charge in [-0.25, -0.2) is 5.10 Å². The highest BCUT2D eigenvalue weighted by molar-refractivity contribution is 7.71. The number of aromatic amines is 1. The van der Waals surface area contributed by atoms with Crippen LogP contribution >= 0.6 is 12.2 Å². The predicted octanol–water partition coefficient (Wildman–Crippen LogP) is 3.50. The van der Waals surface area contributed by atoms with E-state index >= 15 is 0 Å². The number of benzene rings is 2. The van der Waals surface area contributed by atoms with Crippen LogP contribution in [-0.2, 0) is 0 Å². The van der Waals surface area contributed by atoms with Crippen LogP contribution in [-0.4, -0.2) is 37.9 Å². The van der Waals surface area contributed by atoms with Crippen molar-refractivity contribution in [1.29, 1.82) is 0 Å². The smallest absolute Gasteiger partial charge is 0.387 e. The van der Waals surface area contributed by atoms with Crippen LogP contribution < -0.4 is 4.74 Å². The van der Waals surface area contributed by atoms with Gasteiger partial charge >= 0.3 is 6.61 Å². The minimum Gasteiger partial charge on any atom is -0.504 e. The summed E-state index contributed by atoms with van der Waals surface area (Å²) >= 11 is 5.13. The van der Waals surface area contributed by atoms with Gasteiger partial charge in [0.15, 0.2) is 17.3 Å². The van der Waals surface area contributed by atoms with Gasteiger partial charge in [-0.15, -0.1) is 0 Å². The fraction of sp³-hybridized carbons (Fsp3) is 0.0625. The van der Waals surface area contributed by atoms with E-state index in [1.54, 1.807) is 12.1 Å². The molecule has 3 aromatic rings. The summed E-state index contributed by atoms with van der Waals surface area (Å²) in [5.74, 6) is -0.256. The molecule has 0 aliphatic carbocycles. The van der Waals surface area contributed by atoms with E-state index in [9.17, 15) is 19.0 Å². The molecule has 7 nitrogen and oxygen atoms in total. The van der Waals surface area contributed by atoms with Gasteiger partial charge in [0.2, 0.25) is 4.77 Å². The summed E-state index contributed by atoms with van der Waals surface area (Å²) in [6.45, 7) is -2.91. The Bertz CT molecular complexity index is 999. The molecule has 0 fully saturated rings. The van der Waals surface area contributed by atoms with Crippen molar-refractivity contribution in [2.24, 2.45) is 5.10 Å². The number of hydrogen-bond donors (Lipinski definition) is 3. The molecule has 0 atom stereocenters. The highest BCUT2D eigenvalue weighted by atomic mass is 32.1. The topological polar surface area (TPSA) is 95.7 Å². The fourth-order valence-electron chi connectivity index (χ4n) is 2.14. The molecular formula is C16H12F2N4O3S. The standard InChI is InChI=1S/C16H12F2N4O3S/c17-15(18)25-11-6-4-9(5-7-11)14-20-21-16(26)22(14)19-8-10-2-1-3-12(23)13(10)24/h1-8,15,23-24H,(H,21,26). The number of rotatable bonds is 5. The zero-order valence-electron chi connectivity index (χ0n) is 13.0. The molecule has 0 bridgehead atoms. The Kier molecular flexibility index (Phi) is 4.94. The number of nitrogens with zero attached hydrogens (tertiary/aromatic N) is 3. The second kappa shape index (κ2) is 7.31. The number of halogens is 2. The van der Waals surface area contributed by atoms with Gasteiger partial charge in [0.1, 0.15) is 5.75 Å². The molecule has 3 N–H and O–H groups in total. The first-order valence-corrected chi connectivity index (χ1v) is 7.64. The number of aromatic hydroxyl groups is 2. The lowest BCUT2D eigenvalue weighted by Crippen LogP contribution is -2.01. The molecule has 26 heavy (non-hydrogen) atoms. The summed E-state index contributed by atoms with van der Waals surface area (Å²) in [7, 11) is 0. The molecule has 0 spiro atoms. The van der Waals surface area contributed by atoms with Crippen LogP contribution in [0.4, 0.5) is 8.78 Å². The Morgan fingerprint density at radius 3 is 2.62 bits per heavy atom. The van der Waals surface area contributed by atoms with Crippen LogP contribution in [0.15, 0.2) is 47.6 Å². The van der Waals surface area contributed by atoms with Crippen molar-refractivity contribution in [1.82, 2.24) is 14.9 Å². The van der Waals surface area contributed by atoms with Crippen LogP contribution in [0.2, 0.25) is 0 Å². The minimum atomic E-state index is -2.91. The van der Waals surface area contributed by atoms with Crippen molar-refractivity contribution in [3.63, 3.8) is 0 Å². The normalized spacial score (nSPS) is 11.3. The Morgan fingerprint density at radius 1 is 1.19 bits per heavy atom. The molecule has 134 valence electrons. The molecule has 1 aromatic heterocycles. The maximum atomic E-state index is 12.2. The van der Waals surface area contributed by atoms with Crippen LogP contribution in [0.25, 0.3) is 11.4 Å². The SMILES string of the molecule is Oc1cccc(C=Nn2c(-c3ccc(OC(F)F)cc3)n[nH]c2=S)c1O. The van der Waals surface area contributed by atoms with Gasteiger partial charge in [-0.2, -0.15) is 23.7 Å². The van der Waals surface area contributed by atoms with Crippen LogP contribution in [0.1, 0.15) is 5.56 Å². The average molecular weight is 378 g/mol. The number of ether oxygens (including phenoxy) is 1. The van der Waals surface area contributed by atoms with Gasteiger partial charge in [0.25, 0.3) is 0 Å². The van der Waals surface area contributed by atoms with Gasteiger partial charge < -0.3 is 14.9 Å². The van der Waals surface area contributed by atoms with E-state index in [2.05, 4.69) is 20.0 Å². The maximum absolute atomic E-state index is 12.2. The maximum Gasteiger partial charge on any atom is 0.387 e. The van der Waals surface area contributed by atoms with E-state index in [-0.39, 0.29) is 27.6 Å². The lowest BCUT2D eigenvalue weighted by molar-refractivity contribution is -0.0498. The first-order chi connectivity index (χ1) is 12.5. The molecule has 0 amide bonds. The summed E-state index contributed by atoms with van der Waals surface area (Å²) in [6.07, 6.45) is 1.30. The van der Waals surface area contributed by atoms with Crippen molar-refractivity contribution in [2.75, 3.05) is 0 Å². The summed E-state index contributed by atoms with van der Waals surface area (Å²) in [5.41, 5.74) is 0.830. The van der Waals surface area contributed by atoms with Gasteiger partial charge in [-0.05, 0) is 48.6 Å². The van der Waals surface area contributed by atoms with E-state index in [4.69, 9.17) is 12.2 Å². The number of nitrogens with one attached hydrogen (secondary N) is 1. The van der Waals surface area contributed by atoms with Gasteiger partial charge in [-0.1, -0.05) is 6.07 Å². The van der Waals surface area contributed by atoms with Crippen molar-refractivity contribution < 1.29 is 23.7 Å². The second-order valence-electron chi connectivity index (χ2n) is 5.03. The van der Waals surface area contributed by atoms with Gasteiger partial charge in [0, 0.05) is 11.1 Å². The Hall–Kier alpha value is -3.27. The molecule has 0 saturated heterocycles. The number of phenols is 2. The zero-order chi connectivity index (χ0) is 18.7. The summed E-state index contributed by atoms with van der Waals surface area (Å²) in [4.78, 5) is 0. The third-order valence-electron chi connectivity index (χ3n) is 3.35. The van der Waals surface area contributed by atoms with Crippen LogP contribution in [0, 0.1) is 4.77 Å². The monoisotopic (exact) mass is 378 g/mol. The Labute approximate surface area is 150 Å². The minimum absolute atomic E-state index is 0.0117. The number of alkyl halides is 2. The Morgan fingerprint density at radius 2 is 1.92 bits per heavy atom. The van der Waals surface area contributed by atoms with Crippen molar-refractivity contribution in [3.8, 4) is 28.6 Å². The number of aromatic nitrogens is 3. The van der Waals surface area contributed by atoms with Crippen LogP contribution in [0.5, 0.6) is 17.2 Å². The van der Waals surface area contributed by atoms with Gasteiger partial charge in [-0.3, -0.25) is 0 Å². The van der Waals surface area contributed by atoms with E-state index in [1.165, 1.54) is 41.2 Å². The lowest BCUT2D eigenvalue weighted by atomic mass is 10.2. The molecule has 1 heterocycles. The highest BCUT2D eigenvalue weighted by Crippen LogP contribution is 2.27. The van der Waals surface area contributed by atoms with E-state index in [0.717, 1.165) is 0 Å². The fourth-order valence-corrected chi connectivity index (χ4v) is 2.32. The number of phenolic OH excluding ortho intramolecular Hbond substituents is 2. The quantitative estimate of drug-likeness (QED) is 0.359. The first kappa shape index (κ1) is 17.5. The molecule has 10 heteroatoms. The molecule has 0 unspecified atom stereocenters. The third kappa shape index (κ3) is 3.70. The largest absolute Gasteiger partial charge is 0.504 e. The molecule has 0 aliphatic heterocycles. The molecule has 3 rings (SSSR count). The molecule has 0 radical (unpaired) electrons. The predicted molar refractivity (Wildman–Crippen MR) is 92.2 cm³/mol. The third-order valence-corrected chi connectivity index (χ3v) is 3.61. The zero-order valence-corrected chi connectivity index (χ0v) is 13.8. The number of H-pyrrole nitrogens is 1. The number of para-hydroxylation sites is 1. The van der Waals surface area contributed by atoms with E-state index in [0.29, 0.717) is 11.4 Å². The Balaban J connectivity index is 1.93. The molecule has 2 aromatic carbocycles. The highest BCUT2D eigenvalue weighted by Gasteiger charge is 2.10. The number of hydrogen-bond acceptors (Lipinski definition) is 6. The summed E-state index contributed by atoms with van der Waals surface area (Å²) < 4.78 is 30.2. The van der Waals surface area contributed by atoms with Crippen molar-refractivity contribution in [3.05, 3.63) is 52.8 Å². The van der Waals surface area contributed by atoms with E-state index < -0.39 is 6.61 Å². The average Bonchev–Trinajstić information content (AvgIpc) is 2.97. The van der Waals surface area contributed by atoms with Crippen molar-refractivity contribution in [2.45, 2.75) is 6.61 Å². The van der Waals surface area contributed by atoms with Crippen molar-refractivity contribution >= 4 is 18.4 Å². The lowest BCUT2D eigenvalue weighted by Gasteiger charge is -2.05.